The number of unbranched alkanes of at least 4 members (excludes halogenated alkanes) is 7. The molecule has 0 spiro atoms. The number of allylic oxidation sites excluding steroid dienone is 1. The van der Waals surface area contributed by atoms with Gasteiger partial charge in [-0.1, -0.05) is 64.0 Å². The number of aromatic hydroxyl groups is 1. The van der Waals surface area contributed by atoms with E-state index < -0.39 is 0 Å². The molecule has 0 aliphatic rings. The van der Waals surface area contributed by atoms with Gasteiger partial charge in [0, 0.05) is 0 Å². The van der Waals surface area contributed by atoms with Gasteiger partial charge in [0.15, 0.2) is 11.5 Å². The van der Waals surface area contributed by atoms with E-state index in [1.165, 1.54) is 44.9 Å². The largest absolute Gasteiger partial charge is 0.504 e. The Morgan fingerprint density at radius 3 is 2.27 bits per heavy atom. The highest BCUT2D eigenvalue weighted by Crippen LogP contribution is 2.33. The molecule has 0 radical (unpaired) electrons. The van der Waals surface area contributed by atoms with Gasteiger partial charge < -0.3 is 9.84 Å². The molecular weight excluding hydrogens is 272 g/mol. The molecule has 1 aromatic carbocycles. The van der Waals surface area contributed by atoms with Gasteiger partial charge in [0.2, 0.25) is 0 Å². The molecule has 2 heteroatoms. The number of aryl methyl sites for hydroxylation is 1. The summed E-state index contributed by atoms with van der Waals surface area (Å²) >= 11 is 0. The van der Waals surface area contributed by atoms with Gasteiger partial charge in [-0.2, -0.15) is 0 Å². The van der Waals surface area contributed by atoms with Crippen molar-refractivity contribution >= 4 is 0 Å². The monoisotopic (exact) mass is 304 g/mol. The highest BCUT2D eigenvalue weighted by molar-refractivity contribution is 5.49. The molecule has 1 rings (SSSR count). The molecule has 0 aromatic heterocycles. The van der Waals surface area contributed by atoms with E-state index in [0.717, 1.165) is 30.4 Å². The van der Waals surface area contributed by atoms with Crippen LogP contribution in [0.25, 0.3) is 0 Å². The number of hydrogen-bond acceptors (Lipinski definition) is 2. The third kappa shape index (κ3) is 6.55. The van der Waals surface area contributed by atoms with Crippen LogP contribution in [0.4, 0.5) is 0 Å². The molecule has 0 atom stereocenters. The Bertz CT molecular complexity index is 438. The van der Waals surface area contributed by atoms with Crippen molar-refractivity contribution in [2.45, 2.75) is 71.1 Å². The Kier molecular flexibility index (Phi) is 9.45. The van der Waals surface area contributed by atoms with E-state index in [9.17, 15) is 5.11 Å². The average molecular weight is 304 g/mol. The van der Waals surface area contributed by atoms with Crippen molar-refractivity contribution in [2.75, 3.05) is 7.11 Å². The highest BCUT2D eigenvalue weighted by Gasteiger charge is 2.10. The Balaban J connectivity index is 2.41. The minimum Gasteiger partial charge on any atom is -0.504 e. The third-order valence-electron chi connectivity index (χ3n) is 4.11. The van der Waals surface area contributed by atoms with Gasteiger partial charge in [-0.05, 0) is 36.5 Å². The molecule has 0 aliphatic carbocycles. The number of phenols is 1. The summed E-state index contributed by atoms with van der Waals surface area (Å²) in [5.74, 6) is 0.882. The summed E-state index contributed by atoms with van der Waals surface area (Å²) in [6, 6.07) is 3.98. The summed E-state index contributed by atoms with van der Waals surface area (Å²) in [5, 5.41) is 10.2. The molecule has 124 valence electrons. The number of hydrogen-bond donors (Lipinski definition) is 1. The molecule has 2 nitrogen and oxygen atoms in total. The van der Waals surface area contributed by atoms with Gasteiger partial charge in [-0.25, -0.2) is 0 Å². The molecule has 0 heterocycles. The first kappa shape index (κ1) is 18.6. The van der Waals surface area contributed by atoms with Gasteiger partial charge in [0.25, 0.3) is 0 Å². The number of benzene rings is 1. The van der Waals surface area contributed by atoms with Crippen LogP contribution < -0.4 is 4.74 Å². The van der Waals surface area contributed by atoms with Crippen molar-refractivity contribution in [3.8, 4) is 11.5 Å². The first-order valence-electron chi connectivity index (χ1n) is 8.72. The molecule has 0 unspecified atom stereocenters. The van der Waals surface area contributed by atoms with Crippen LogP contribution in [0.1, 0.15) is 69.4 Å². The van der Waals surface area contributed by atoms with E-state index in [1.54, 1.807) is 7.11 Å². The van der Waals surface area contributed by atoms with Gasteiger partial charge in [-0.3, -0.25) is 0 Å². The van der Waals surface area contributed by atoms with Crippen LogP contribution in [-0.2, 0) is 12.8 Å². The predicted molar refractivity (Wildman–Crippen MR) is 94.9 cm³/mol. The quantitative estimate of drug-likeness (QED) is 0.390. The van der Waals surface area contributed by atoms with E-state index in [-0.39, 0.29) is 0 Å². The fourth-order valence-corrected chi connectivity index (χ4v) is 2.81. The van der Waals surface area contributed by atoms with Crippen molar-refractivity contribution in [3.63, 3.8) is 0 Å². The van der Waals surface area contributed by atoms with Crippen molar-refractivity contribution in [3.05, 3.63) is 35.9 Å². The van der Waals surface area contributed by atoms with Gasteiger partial charge in [0.05, 0.1) is 7.11 Å². The smallest absolute Gasteiger partial charge is 0.161 e. The zero-order valence-corrected chi connectivity index (χ0v) is 14.4. The topological polar surface area (TPSA) is 29.5 Å². The maximum absolute atomic E-state index is 10.2. The first-order valence-corrected chi connectivity index (χ1v) is 8.72. The highest BCUT2D eigenvalue weighted by atomic mass is 16.5. The summed E-state index contributed by atoms with van der Waals surface area (Å²) in [6.45, 7) is 6.03. The van der Waals surface area contributed by atoms with Crippen LogP contribution in [0.3, 0.4) is 0 Å². The molecule has 0 aliphatic heterocycles. The second-order valence-electron chi connectivity index (χ2n) is 6.02. The molecule has 1 N–H and O–H groups in total. The third-order valence-corrected chi connectivity index (χ3v) is 4.11. The summed E-state index contributed by atoms with van der Waals surface area (Å²) < 4.78 is 5.27. The van der Waals surface area contributed by atoms with Crippen LogP contribution >= 0.6 is 0 Å². The molecule has 0 bridgehead atoms. The zero-order chi connectivity index (χ0) is 16.2. The molecule has 0 saturated heterocycles. The van der Waals surface area contributed by atoms with E-state index in [4.69, 9.17) is 4.74 Å². The van der Waals surface area contributed by atoms with Gasteiger partial charge in [-0.15, -0.1) is 6.58 Å². The summed E-state index contributed by atoms with van der Waals surface area (Å²) in [5.41, 5.74) is 2.15. The minimum atomic E-state index is 0.304. The van der Waals surface area contributed by atoms with Gasteiger partial charge in [0.1, 0.15) is 0 Å². The summed E-state index contributed by atoms with van der Waals surface area (Å²) in [7, 11) is 1.60. The molecule has 1 aromatic rings. The normalized spacial score (nSPS) is 10.6. The lowest BCUT2D eigenvalue weighted by molar-refractivity contribution is 0.369. The number of phenolic OH excluding ortho intramolecular Hbond substituents is 1. The van der Waals surface area contributed by atoms with Crippen LogP contribution in [0, 0.1) is 0 Å². The van der Waals surface area contributed by atoms with Gasteiger partial charge >= 0.3 is 0 Å². The van der Waals surface area contributed by atoms with Crippen molar-refractivity contribution in [1.29, 1.82) is 0 Å². The predicted octanol–water partition coefficient (Wildman–Crippen LogP) is 5.81. The maximum atomic E-state index is 10.2. The molecule has 0 saturated carbocycles. The second-order valence-corrected chi connectivity index (χ2v) is 6.02. The van der Waals surface area contributed by atoms with Crippen LogP contribution in [0.5, 0.6) is 11.5 Å². The molecular formula is C20H32O2. The molecule has 0 fully saturated rings. The molecule has 22 heavy (non-hydrogen) atoms. The minimum absolute atomic E-state index is 0.304. The Labute approximate surface area is 136 Å². The summed E-state index contributed by atoms with van der Waals surface area (Å²) in [4.78, 5) is 0. The van der Waals surface area contributed by atoms with E-state index >= 15 is 0 Å². The fraction of sp³-hybridized carbons (Fsp3) is 0.600. The van der Waals surface area contributed by atoms with E-state index in [2.05, 4.69) is 19.6 Å². The van der Waals surface area contributed by atoms with Crippen LogP contribution in [-0.4, -0.2) is 12.2 Å². The van der Waals surface area contributed by atoms with Crippen molar-refractivity contribution in [2.24, 2.45) is 0 Å². The fourth-order valence-electron chi connectivity index (χ4n) is 2.81. The Morgan fingerprint density at radius 2 is 1.68 bits per heavy atom. The summed E-state index contributed by atoms with van der Waals surface area (Å²) in [6.07, 6.45) is 14.0. The molecule has 0 amide bonds. The van der Waals surface area contributed by atoms with Crippen LogP contribution in [0.15, 0.2) is 24.8 Å². The maximum Gasteiger partial charge on any atom is 0.161 e. The van der Waals surface area contributed by atoms with Crippen molar-refractivity contribution in [1.82, 2.24) is 0 Å². The average Bonchev–Trinajstić information content (AvgIpc) is 2.52. The van der Waals surface area contributed by atoms with E-state index in [0.29, 0.717) is 11.5 Å². The SMILES string of the molecule is C=CCc1cc(CCCCCCCCCC)c(O)c(OC)c1. The number of ether oxygens (including phenoxy) is 1. The lowest BCUT2D eigenvalue weighted by Crippen LogP contribution is -1.94. The lowest BCUT2D eigenvalue weighted by Gasteiger charge is -2.11. The number of methoxy groups -OCH3 is 1. The zero-order valence-electron chi connectivity index (χ0n) is 14.4. The Morgan fingerprint density at radius 1 is 1.05 bits per heavy atom. The number of rotatable bonds is 12. The standard InChI is InChI=1S/C20H32O2/c1-4-6-7-8-9-10-11-12-14-18-15-17(13-5-2)16-19(22-3)20(18)21/h5,15-16,21H,2,4,6-14H2,1,3H3. The van der Waals surface area contributed by atoms with E-state index in [1.807, 2.05) is 12.1 Å². The van der Waals surface area contributed by atoms with Crippen LogP contribution in [0.2, 0.25) is 0 Å². The lowest BCUT2D eigenvalue weighted by atomic mass is 10.00. The second kappa shape index (κ2) is 11.2. The first-order chi connectivity index (χ1) is 10.7. The van der Waals surface area contributed by atoms with Crippen molar-refractivity contribution < 1.29 is 9.84 Å². The Hall–Kier alpha value is -1.44.